The summed E-state index contributed by atoms with van der Waals surface area (Å²) in [6.45, 7) is 0. The molecule has 0 aromatic rings. The van der Waals surface area contributed by atoms with Gasteiger partial charge in [-0.1, -0.05) is 5.22 Å². The smallest absolute Gasteiger partial charge is 0.108 e. The molecular weight excluding hydrogens is 910 g/mol. The first-order valence-corrected chi connectivity index (χ1v) is 13.0. The molecule has 330 valence electrons. The van der Waals surface area contributed by atoms with Crippen LogP contribution in [-0.4, -0.2) is 7.11 Å². The van der Waals surface area contributed by atoms with Crippen molar-refractivity contribution in [3.8, 4) is 0 Å². The summed E-state index contributed by atoms with van der Waals surface area (Å²) >= 11 is 0. The molecule has 64 heteroatoms. The topological polar surface area (TPSA) is 802 Å². The summed E-state index contributed by atoms with van der Waals surface area (Å²) in [5, 5.41) is 185. The molecule has 0 saturated heterocycles. The monoisotopic (exact) mass is 915 g/mol. The van der Waals surface area contributed by atoms with E-state index in [-0.39, 0.29) is 0 Å². The lowest BCUT2D eigenvalue weighted by molar-refractivity contribution is 0.185. The lowest BCUT2D eigenvalue weighted by Gasteiger charge is -1.74. The minimum absolute atomic E-state index is 1.25. The maximum Gasteiger partial charge on any atom is 0.108 e. The summed E-state index contributed by atoms with van der Waals surface area (Å²) in [5.41, 5.74) is 0. The first kappa shape index (κ1) is 52.2. The van der Waals surface area contributed by atoms with E-state index in [1.807, 2.05) is 0 Å². The molecule has 0 amide bonds. The zero-order chi connectivity index (χ0) is 46.5. The van der Waals surface area contributed by atoms with Gasteiger partial charge in [0.2, 0.25) is 0 Å². The molecule has 0 heterocycles. The number of hydrogen-bond donors (Lipinski definition) is 1. The third kappa shape index (κ3) is 51.2. The number of rotatable bonds is 31. The number of hydrogen-bond acceptors (Lipinski definition) is 3. The summed E-state index contributed by atoms with van der Waals surface area (Å²) in [7, 11) is 1.25. The van der Waals surface area contributed by atoms with Gasteiger partial charge in [-0.3, -0.25) is 0 Å². The van der Waals surface area contributed by atoms with E-state index in [1.165, 1.54) is 7.11 Å². The summed E-state index contributed by atoms with van der Waals surface area (Å²) in [6.07, 6.45) is 0. The summed E-state index contributed by atoms with van der Waals surface area (Å²) in [6, 6.07) is 0. The minimum atomic E-state index is 1.25. The molecule has 0 aromatic heterocycles. The van der Waals surface area contributed by atoms with Crippen molar-refractivity contribution >= 4 is 0 Å². The Kier molecular flexibility index (Phi) is 41.1. The van der Waals surface area contributed by atoms with Crippen molar-refractivity contribution in [2.45, 2.75) is 0 Å². The van der Waals surface area contributed by atoms with Gasteiger partial charge in [0.1, 0.15) is 7.11 Å². The summed E-state index contributed by atoms with van der Waals surface area (Å²) in [4.78, 5) is 4.19. The van der Waals surface area contributed by atoms with Gasteiger partial charge in [-0.2, -0.15) is 0 Å². The van der Waals surface area contributed by atoms with Gasteiger partial charge in [0.15, 0.2) is 0 Å². The number of nitrogens with two attached hydrogens (primary N) is 1. The van der Waals surface area contributed by atoms with Crippen molar-refractivity contribution in [3.63, 3.8) is 0 Å². The van der Waals surface area contributed by atoms with Gasteiger partial charge in [0.25, 0.3) is 0 Å². The first-order valence-electron chi connectivity index (χ1n) is 13.0. The highest BCUT2D eigenvalue weighted by atomic mass is 16.6. The van der Waals surface area contributed by atoms with Crippen LogP contribution in [0.15, 0.2) is 324 Å². The van der Waals surface area contributed by atoms with Gasteiger partial charge in [0, 0.05) is 282 Å². The van der Waals surface area contributed by atoms with Crippen LogP contribution in [0.4, 0.5) is 0 Å². The van der Waals surface area contributed by atoms with E-state index in [0.717, 1.165) is 0 Å². The third-order valence-electron chi connectivity index (χ3n) is 2.53. The Balaban J connectivity index is 4.08. The molecule has 0 saturated carbocycles. The van der Waals surface area contributed by atoms with Gasteiger partial charge >= 0.3 is 0 Å². The van der Waals surface area contributed by atoms with Crippen molar-refractivity contribution in [3.05, 3.63) is 0 Å². The standard InChI is InChI=1S/CH5N63O/c1-65-64-63-62-61-60-59-58-57-56-55-54-53-52-51-50-49-48-47-46-45-44-43-42-41-40-39-38-37-36-35-34-33-32-31-30-29-28-27-26-25-24-23-22-21-20-19-18-17-16-15-14-13-12-11-10-9-8-7-6-5-4-3-2/h1H3,(H2,2,4,6,8,10,12,14,16,18,20,22,24,26,28,30,32,34,36,38,40,42,44,46,48,50,52,54,56,58,60,62,64). The minimum Gasteiger partial charge on any atom is -0.381 e. The fourth-order valence-corrected chi connectivity index (χ4v) is 1.11. The van der Waals surface area contributed by atoms with Crippen molar-refractivity contribution in [2.24, 2.45) is 330 Å². The molecule has 0 radical (unpaired) electrons. The Bertz CT molecular complexity index is 2160. The van der Waals surface area contributed by atoms with Crippen molar-refractivity contribution in [2.75, 3.05) is 7.11 Å². The normalized spacial score (nSPS) is 15.5. The molecule has 0 atom stereocenters. The van der Waals surface area contributed by atoms with E-state index < -0.39 is 0 Å². The van der Waals surface area contributed by atoms with Crippen LogP contribution in [0.5, 0.6) is 0 Å². The fourth-order valence-electron chi connectivity index (χ4n) is 1.11. The zero-order valence-corrected chi connectivity index (χ0v) is 29.7. The van der Waals surface area contributed by atoms with E-state index in [4.69, 9.17) is 0 Å². The maximum absolute atomic E-state index is 4.63. The largest absolute Gasteiger partial charge is 0.381 e. The van der Waals surface area contributed by atoms with Crippen LogP contribution in [0.2, 0.25) is 0 Å². The second-order valence-electron chi connectivity index (χ2n) is 5.75. The molecule has 0 unspecified atom stereocenters. The van der Waals surface area contributed by atoms with Crippen LogP contribution in [0.1, 0.15) is 0 Å². The Morgan fingerprint density at radius 3 is 0.338 bits per heavy atom. The van der Waals surface area contributed by atoms with Crippen LogP contribution in [-0.2, 0) is 4.84 Å². The lowest BCUT2D eigenvalue weighted by atomic mass is 11.7. The molecule has 0 aliphatic heterocycles. The molecule has 0 aromatic carbocycles. The zero-order valence-electron chi connectivity index (χ0n) is 29.7. The molecule has 2 N–H and O–H groups in total. The Hall–Kier alpha value is -12.8. The Morgan fingerprint density at radius 2 is 0.246 bits per heavy atom. The Labute approximate surface area is 342 Å². The fraction of sp³-hybridized carbons (Fsp3) is 1.00. The highest BCUT2D eigenvalue weighted by molar-refractivity contribution is 4.19. The van der Waals surface area contributed by atoms with Gasteiger partial charge < -0.3 is 10.7 Å². The highest BCUT2D eigenvalue weighted by Gasteiger charge is 1.76. The van der Waals surface area contributed by atoms with E-state index in [0.29, 0.717) is 0 Å². The van der Waals surface area contributed by atoms with Crippen LogP contribution in [0.25, 0.3) is 0 Å². The third-order valence-corrected chi connectivity index (χ3v) is 2.53. The molecule has 0 bridgehead atoms. The highest BCUT2D eigenvalue weighted by Crippen LogP contribution is 1.95. The predicted molar refractivity (Wildman–Crippen MR) is 162 cm³/mol. The molecule has 0 rings (SSSR count). The van der Waals surface area contributed by atoms with Crippen LogP contribution >= 0.6 is 0 Å². The molecule has 0 spiro atoms. The van der Waals surface area contributed by atoms with Gasteiger partial charge in [0.05, 0.1) is 0 Å². The molecule has 0 aliphatic rings. The quantitative estimate of drug-likeness (QED) is 0.0402. The first-order chi connectivity index (χ1) is 32.4. The number of nitrogens with zero attached hydrogens (tertiary/aromatic N) is 62. The van der Waals surface area contributed by atoms with E-state index >= 15 is 0 Å². The van der Waals surface area contributed by atoms with Crippen LogP contribution in [0, 0.1) is 0 Å². The van der Waals surface area contributed by atoms with Crippen LogP contribution < -0.4 is 5.84 Å². The second-order valence-corrected chi connectivity index (χ2v) is 5.75. The average Bonchev–Trinajstić information content (AvgIpc) is 3.32. The average molecular weight is 915 g/mol. The maximum atomic E-state index is 4.63. The lowest BCUT2D eigenvalue weighted by Crippen LogP contribution is -1.70. The van der Waals surface area contributed by atoms with Crippen molar-refractivity contribution < 1.29 is 4.84 Å². The molecule has 65 heavy (non-hydrogen) atoms. The SMILES string of the molecule is CON=NN=NN=NN=NN=NN=NN=NN=NN=NN=NN=NN=NN=NN=NN=NN=NN=NN=NN=NN=NN=NN=NN=NN=NN=NN=NN=NN=NN=NN=NN=NN. The second kappa shape index (κ2) is 51.2. The van der Waals surface area contributed by atoms with Crippen molar-refractivity contribution in [1.82, 2.24) is 0 Å². The van der Waals surface area contributed by atoms with E-state index in [1.54, 1.807) is 0 Å². The van der Waals surface area contributed by atoms with E-state index in [9.17, 15) is 0 Å². The van der Waals surface area contributed by atoms with Gasteiger partial charge in [-0.15, -0.1) is 0 Å². The van der Waals surface area contributed by atoms with Crippen LogP contribution in [0.3, 0.4) is 0 Å². The predicted octanol–water partition coefficient (Wildman–Crippen LogP) is 10.9. The Morgan fingerprint density at radius 1 is 0.154 bits per heavy atom. The molecule has 0 aliphatic carbocycles. The summed E-state index contributed by atoms with van der Waals surface area (Å²) in [5.74, 6) is 4.63. The summed E-state index contributed by atoms with van der Waals surface area (Å²) < 4.78 is 0. The molecule has 64 nitrogen and oxygen atoms in total. The van der Waals surface area contributed by atoms with Gasteiger partial charge in [-0.25, -0.2) is 0 Å². The molecule has 0 fully saturated rings. The van der Waals surface area contributed by atoms with Gasteiger partial charge in [-0.05, 0) is 36.6 Å². The van der Waals surface area contributed by atoms with E-state index in [2.05, 4.69) is 335 Å². The van der Waals surface area contributed by atoms with Crippen molar-refractivity contribution in [1.29, 1.82) is 0 Å². The molecular formula is CH5N63O.